The molecule has 92 valence electrons. The predicted molar refractivity (Wildman–Crippen MR) is 67.0 cm³/mol. The summed E-state index contributed by atoms with van der Waals surface area (Å²) in [6, 6.07) is 2.33. The molecular weight excluding hydrogens is 236 g/mol. The standard InChI is InChI=1S/C12H16N2O2S/c15-14(16)12-5-9(7-17-12)6-13-11-4-8-1-2-10(11)3-8/h5,7-8,10-11,13H,1-4,6H2. The van der Waals surface area contributed by atoms with Crippen molar-refractivity contribution >= 4 is 16.3 Å². The quantitative estimate of drug-likeness (QED) is 0.662. The van der Waals surface area contributed by atoms with Gasteiger partial charge in [0.25, 0.3) is 0 Å². The maximum Gasteiger partial charge on any atom is 0.324 e. The first kappa shape index (κ1) is 11.2. The fourth-order valence-corrected chi connectivity index (χ4v) is 4.02. The number of fused-ring (bicyclic) bond motifs is 2. The molecule has 2 aliphatic rings. The Morgan fingerprint density at radius 1 is 1.47 bits per heavy atom. The number of thiophene rings is 1. The lowest BCUT2D eigenvalue weighted by molar-refractivity contribution is -0.380. The SMILES string of the molecule is O=[N+]([O-])c1cc(CNC2CC3CCC2C3)cs1. The summed E-state index contributed by atoms with van der Waals surface area (Å²) in [6.07, 6.45) is 5.47. The van der Waals surface area contributed by atoms with Gasteiger partial charge in [-0.3, -0.25) is 10.1 Å². The van der Waals surface area contributed by atoms with Gasteiger partial charge in [0.2, 0.25) is 0 Å². The number of nitrogens with one attached hydrogen (secondary N) is 1. The van der Waals surface area contributed by atoms with Crippen molar-refractivity contribution in [2.45, 2.75) is 38.3 Å². The zero-order chi connectivity index (χ0) is 11.8. The summed E-state index contributed by atoms with van der Waals surface area (Å²) in [6.45, 7) is 0.776. The average molecular weight is 252 g/mol. The smallest absolute Gasteiger partial charge is 0.310 e. The topological polar surface area (TPSA) is 55.2 Å². The lowest BCUT2D eigenvalue weighted by atomic mass is 9.95. The molecule has 0 aliphatic heterocycles. The van der Waals surface area contributed by atoms with Crippen LogP contribution in [0.1, 0.15) is 31.2 Å². The van der Waals surface area contributed by atoms with E-state index in [0.717, 1.165) is 23.9 Å². The molecule has 0 radical (unpaired) electrons. The Labute approximate surface area is 104 Å². The molecule has 0 aromatic carbocycles. The highest BCUT2D eigenvalue weighted by molar-refractivity contribution is 7.13. The van der Waals surface area contributed by atoms with Crippen LogP contribution in [0.2, 0.25) is 0 Å². The maximum absolute atomic E-state index is 10.6. The molecule has 3 unspecified atom stereocenters. The maximum atomic E-state index is 10.6. The molecule has 2 fully saturated rings. The van der Waals surface area contributed by atoms with E-state index in [4.69, 9.17) is 0 Å². The van der Waals surface area contributed by atoms with Crippen molar-refractivity contribution in [1.82, 2.24) is 5.32 Å². The van der Waals surface area contributed by atoms with Gasteiger partial charge in [-0.25, -0.2) is 0 Å². The van der Waals surface area contributed by atoms with Crippen LogP contribution in [0.15, 0.2) is 11.4 Å². The largest absolute Gasteiger partial charge is 0.324 e. The number of hydrogen-bond donors (Lipinski definition) is 1. The van der Waals surface area contributed by atoms with Gasteiger partial charge in [-0.05, 0) is 36.7 Å². The molecule has 0 amide bonds. The Morgan fingerprint density at radius 3 is 2.94 bits per heavy atom. The third-order valence-electron chi connectivity index (χ3n) is 4.13. The van der Waals surface area contributed by atoms with Gasteiger partial charge < -0.3 is 5.32 Å². The zero-order valence-corrected chi connectivity index (χ0v) is 10.4. The van der Waals surface area contributed by atoms with E-state index in [1.807, 2.05) is 5.38 Å². The van der Waals surface area contributed by atoms with Gasteiger partial charge in [0, 0.05) is 24.0 Å². The van der Waals surface area contributed by atoms with E-state index in [1.54, 1.807) is 6.07 Å². The van der Waals surface area contributed by atoms with Crippen LogP contribution in [0, 0.1) is 22.0 Å². The Kier molecular flexibility index (Phi) is 2.88. The molecule has 2 aliphatic carbocycles. The second kappa shape index (κ2) is 4.38. The minimum absolute atomic E-state index is 0.245. The van der Waals surface area contributed by atoms with Gasteiger partial charge in [0.1, 0.15) is 0 Å². The molecule has 5 heteroatoms. The Bertz CT molecular complexity index is 432. The molecule has 3 atom stereocenters. The molecule has 1 heterocycles. The molecule has 0 saturated heterocycles. The first-order chi connectivity index (χ1) is 8.22. The second-order valence-corrected chi connectivity index (χ2v) is 6.10. The van der Waals surface area contributed by atoms with Crippen LogP contribution in [0.25, 0.3) is 0 Å². The van der Waals surface area contributed by atoms with Crippen molar-refractivity contribution in [2.24, 2.45) is 11.8 Å². The highest BCUT2D eigenvalue weighted by Gasteiger charge is 2.38. The van der Waals surface area contributed by atoms with Crippen molar-refractivity contribution in [1.29, 1.82) is 0 Å². The van der Waals surface area contributed by atoms with Gasteiger partial charge >= 0.3 is 5.00 Å². The number of nitro groups is 1. The summed E-state index contributed by atoms with van der Waals surface area (Å²) in [5.74, 6) is 1.79. The van der Waals surface area contributed by atoms with Gasteiger partial charge in [-0.1, -0.05) is 17.8 Å². The molecule has 2 saturated carbocycles. The van der Waals surface area contributed by atoms with Crippen molar-refractivity contribution in [2.75, 3.05) is 0 Å². The van der Waals surface area contributed by atoms with Crippen molar-refractivity contribution in [3.8, 4) is 0 Å². The number of hydrogen-bond acceptors (Lipinski definition) is 4. The molecule has 1 aromatic heterocycles. The van der Waals surface area contributed by atoms with Crippen molar-refractivity contribution in [3.05, 3.63) is 27.1 Å². The van der Waals surface area contributed by atoms with Gasteiger partial charge in [-0.15, -0.1) is 0 Å². The highest BCUT2D eigenvalue weighted by Crippen LogP contribution is 2.44. The van der Waals surface area contributed by atoms with Crippen LogP contribution < -0.4 is 5.32 Å². The van der Waals surface area contributed by atoms with Crippen LogP contribution in [0.5, 0.6) is 0 Å². The van der Waals surface area contributed by atoms with E-state index >= 15 is 0 Å². The van der Waals surface area contributed by atoms with Crippen LogP contribution in [-0.4, -0.2) is 11.0 Å². The highest BCUT2D eigenvalue weighted by atomic mass is 32.1. The summed E-state index contributed by atoms with van der Waals surface area (Å²) >= 11 is 1.22. The fourth-order valence-electron chi connectivity index (χ4n) is 3.29. The lowest BCUT2D eigenvalue weighted by Gasteiger charge is -2.22. The lowest BCUT2D eigenvalue weighted by Crippen LogP contribution is -2.33. The summed E-state index contributed by atoms with van der Waals surface area (Å²) < 4.78 is 0. The van der Waals surface area contributed by atoms with Gasteiger partial charge in [0.05, 0.1) is 4.92 Å². The third-order valence-corrected chi connectivity index (χ3v) is 5.06. The van der Waals surface area contributed by atoms with E-state index in [0.29, 0.717) is 6.04 Å². The van der Waals surface area contributed by atoms with Crippen molar-refractivity contribution < 1.29 is 4.92 Å². The molecular formula is C12H16N2O2S. The van der Waals surface area contributed by atoms with E-state index < -0.39 is 0 Å². The van der Waals surface area contributed by atoms with Crippen LogP contribution >= 0.6 is 11.3 Å². The fraction of sp³-hybridized carbons (Fsp3) is 0.667. The molecule has 1 aromatic rings. The average Bonchev–Trinajstić information content (AvgIpc) is 3.02. The molecule has 1 N–H and O–H groups in total. The molecule has 0 spiro atoms. The van der Waals surface area contributed by atoms with Gasteiger partial charge in [0.15, 0.2) is 0 Å². The number of rotatable bonds is 4. The van der Waals surface area contributed by atoms with Gasteiger partial charge in [-0.2, -0.15) is 0 Å². The minimum Gasteiger partial charge on any atom is -0.310 e. The van der Waals surface area contributed by atoms with Crippen molar-refractivity contribution in [3.63, 3.8) is 0 Å². The summed E-state index contributed by atoms with van der Waals surface area (Å²) in [5, 5.41) is 16.3. The Hall–Kier alpha value is -0.940. The second-order valence-electron chi connectivity index (χ2n) is 5.21. The van der Waals surface area contributed by atoms with E-state index in [-0.39, 0.29) is 9.92 Å². The first-order valence-electron chi connectivity index (χ1n) is 6.17. The predicted octanol–water partition coefficient (Wildman–Crippen LogP) is 2.93. The summed E-state index contributed by atoms with van der Waals surface area (Å²) in [7, 11) is 0. The van der Waals surface area contributed by atoms with Crippen LogP contribution in [0.3, 0.4) is 0 Å². The third kappa shape index (κ3) is 2.21. The van der Waals surface area contributed by atoms with Crippen LogP contribution in [-0.2, 0) is 6.54 Å². The first-order valence-corrected chi connectivity index (χ1v) is 7.05. The molecule has 17 heavy (non-hydrogen) atoms. The molecule has 3 rings (SSSR count). The van der Waals surface area contributed by atoms with E-state index in [1.165, 1.54) is 37.0 Å². The summed E-state index contributed by atoms with van der Waals surface area (Å²) in [5.41, 5.74) is 1.05. The number of nitrogens with zero attached hydrogens (tertiary/aromatic N) is 1. The molecule has 4 nitrogen and oxygen atoms in total. The Morgan fingerprint density at radius 2 is 2.35 bits per heavy atom. The molecule has 2 bridgehead atoms. The van der Waals surface area contributed by atoms with Crippen LogP contribution in [0.4, 0.5) is 5.00 Å². The zero-order valence-electron chi connectivity index (χ0n) is 9.59. The summed E-state index contributed by atoms with van der Waals surface area (Å²) in [4.78, 5) is 10.3. The normalized spacial score (nSPS) is 30.9. The minimum atomic E-state index is -0.314. The Balaban J connectivity index is 1.55. The van der Waals surface area contributed by atoms with E-state index in [9.17, 15) is 10.1 Å². The monoisotopic (exact) mass is 252 g/mol. The van der Waals surface area contributed by atoms with E-state index in [2.05, 4.69) is 5.32 Å².